The van der Waals surface area contributed by atoms with E-state index in [1.165, 1.54) is 12.3 Å². The molecule has 1 aromatic carbocycles. The molecule has 0 aliphatic carbocycles. The Hall–Kier alpha value is -3.21. The predicted octanol–water partition coefficient (Wildman–Crippen LogP) is 4.18. The summed E-state index contributed by atoms with van der Waals surface area (Å²) < 4.78 is 12.5. The number of carbonyl (C=O) groups excluding carboxylic acids is 2. The van der Waals surface area contributed by atoms with Gasteiger partial charge in [0.05, 0.1) is 28.9 Å². The second-order valence-electron chi connectivity index (χ2n) is 9.63. The number of imide groups is 1. The van der Waals surface area contributed by atoms with E-state index in [4.69, 9.17) is 9.47 Å². The number of nitro groups is 1. The maximum absolute atomic E-state index is 13.1. The molecule has 1 heterocycles. The largest absolute Gasteiger partial charge is 0.443 e. The Morgan fingerprint density at radius 3 is 2.03 bits per heavy atom. The van der Waals surface area contributed by atoms with Gasteiger partial charge in [-0.05, 0) is 55.6 Å². The molecule has 0 radical (unpaired) electrons. The lowest BCUT2D eigenvalue weighted by Crippen LogP contribution is -2.44. The van der Waals surface area contributed by atoms with E-state index in [1.807, 2.05) is 19.0 Å². The monoisotopic (exact) mass is 449 g/mol. The van der Waals surface area contributed by atoms with Crippen molar-refractivity contribution in [1.29, 1.82) is 0 Å². The van der Waals surface area contributed by atoms with Gasteiger partial charge in [-0.1, -0.05) is 0 Å². The van der Waals surface area contributed by atoms with Gasteiger partial charge in [0, 0.05) is 24.1 Å². The fourth-order valence-electron chi connectivity index (χ4n) is 2.82. The van der Waals surface area contributed by atoms with E-state index in [1.54, 1.807) is 46.2 Å². The van der Waals surface area contributed by atoms with Crippen molar-refractivity contribution in [2.75, 3.05) is 25.5 Å². The molecular formula is C21H31N5O6. The molecule has 0 fully saturated rings. The summed E-state index contributed by atoms with van der Waals surface area (Å²) in [5, 5.41) is 16.3. The smallest absolute Gasteiger partial charge is 0.424 e. The Morgan fingerprint density at radius 1 is 1.06 bits per heavy atom. The van der Waals surface area contributed by atoms with Gasteiger partial charge >= 0.3 is 12.2 Å². The lowest BCUT2D eigenvalue weighted by atomic mass is 10.1. The predicted molar refractivity (Wildman–Crippen MR) is 120 cm³/mol. The van der Waals surface area contributed by atoms with Crippen LogP contribution in [0.3, 0.4) is 0 Å². The second-order valence-corrected chi connectivity index (χ2v) is 9.63. The Kier molecular flexibility index (Phi) is 7.13. The molecule has 0 saturated heterocycles. The Bertz CT molecular complexity index is 988. The maximum Gasteiger partial charge on any atom is 0.424 e. The van der Waals surface area contributed by atoms with Crippen molar-refractivity contribution in [2.45, 2.75) is 59.3 Å². The normalized spacial score (nSPS) is 12.2. The van der Waals surface area contributed by atoms with Crippen LogP contribution in [0.4, 0.5) is 21.0 Å². The molecule has 2 aromatic rings. The molecule has 11 heteroatoms. The number of carbonyl (C=O) groups is 2. The van der Waals surface area contributed by atoms with Gasteiger partial charge in [-0.15, -0.1) is 0 Å². The highest BCUT2D eigenvalue weighted by molar-refractivity contribution is 6.14. The summed E-state index contributed by atoms with van der Waals surface area (Å²) in [7, 11) is 3.79. The summed E-state index contributed by atoms with van der Waals surface area (Å²) in [6, 6.07) is 2.50. The minimum atomic E-state index is -1.01. The van der Waals surface area contributed by atoms with Gasteiger partial charge < -0.3 is 14.4 Å². The average molecular weight is 450 g/mol. The fourth-order valence-corrected chi connectivity index (χ4v) is 2.82. The summed E-state index contributed by atoms with van der Waals surface area (Å²) in [5.74, 6) is 0. The highest BCUT2D eigenvalue weighted by Crippen LogP contribution is 2.34. The molecule has 0 saturated carbocycles. The van der Waals surface area contributed by atoms with Crippen LogP contribution in [0.25, 0.3) is 10.9 Å². The number of aromatic nitrogens is 2. The molecule has 2 rings (SSSR count). The summed E-state index contributed by atoms with van der Waals surface area (Å²) in [5.41, 5.74) is -1.77. The molecule has 0 unspecified atom stereocenters. The van der Waals surface area contributed by atoms with Crippen LogP contribution in [0.5, 0.6) is 0 Å². The molecule has 2 amide bonds. The number of ether oxygens (including phenoxy) is 2. The lowest BCUT2D eigenvalue weighted by Gasteiger charge is -2.29. The van der Waals surface area contributed by atoms with Crippen molar-refractivity contribution in [2.24, 2.45) is 0 Å². The lowest BCUT2D eigenvalue weighted by molar-refractivity contribution is -0.384. The highest BCUT2D eigenvalue weighted by Gasteiger charge is 2.35. The van der Waals surface area contributed by atoms with Crippen molar-refractivity contribution in [1.82, 2.24) is 14.7 Å². The van der Waals surface area contributed by atoms with Crippen molar-refractivity contribution < 1.29 is 24.0 Å². The molecule has 11 nitrogen and oxygen atoms in total. The number of hydrogen-bond acceptors (Lipinski definition) is 8. The number of anilines is 1. The first-order valence-electron chi connectivity index (χ1n) is 10.1. The number of fused-ring (bicyclic) bond motifs is 1. The minimum absolute atomic E-state index is 0.0334. The van der Waals surface area contributed by atoms with Crippen molar-refractivity contribution >= 4 is 34.5 Å². The highest BCUT2D eigenvalue weighted by atomic mass is 16.6. The first kappa shape index (κ1) is 25.1. The topological polar surface area (TPSA) is 120 Å². The summed E-state index contributed by atoms with van der Waals surface area (Å²) >= 11 is 0. The van der Waals surface area contributed by atoms with Crippen LogP contribution in [0, 0.1) is 10.1 Å². The zero-order chi connectivity index (χ0) is 24.4. The van der Waals surface area contributed by atoms with Gasteiger partial charge in [-0.2, -0.15) is 10.00 Å². The van der Waals surface area contributed by atoms with E-state index in [9.17, 15) is 19.7 Å². The van der Waals surface area contributed by atoms with Crippen molar-refractivity contribution in [3.05, 3.63) is 28.4 Å². The van der Waals surface area contributed by atoms with Gasteiger partial charge in [0.1, 0.15) is 11.2 Å². The molecule has 0 atom stereocenters. The number of rotatable bonds is 5. The molecule has 0 N–H and O–H groups in total. The summed E-state index contributed by atoms with van der Waals surface area (Å²) in [4.78, 5) is 39.8. The number of likely N-dealkylation sites (N-methyl/N-ethyl adjacent to an activating group) is 1. The molecule has 176 valence electrons. The van der Waals surface area contributed by atoms with E-state index in [2.05, 4.69) is 5.10 Å². The van der Waals surface area contributed by atoms with Crippen molar-refractivity contribution in [3.8, 4) is 0 Å². The van der Waals surface area contributed by atoms with E-state index in [0.717, 1.165) is 6.07 Å². The van der Waals surface area contributed by atoms with E-state index >= 15 is 0 Å². The minimum Gasteiger partial charge on any atom is -0.443 e. The Morgan fingerprint density at radius 2 is 1.59 bits per heavy atom. The first-order chi connectivity index (χ1) is 14.6. The van der Waals surface area contributed by atoms with E-state index in [0.29, 0.717) is 28.9 Å². The number of nitro benzene ring substituents is 1. The fraction of sp³-hybridized carbons (Fsp3) is 0.571. The zero-order valence-electron chi connectivity index (χ0n) is 19.8. The first-order valence-corrected chi connectivity index (χ1v) is 10.1. The third-order valence-electron chi connectivity index (χ3n) is 4.06. The number of nitrogens with zero attached hydrogens (tertiary/aromatic N) is 5. The van der Waals surface area contributed by atoms with Gasteiger partial charge in [-0.25, -0.2) is 9.59 Å². The van der Waals surface area contributed by atoms with Crippen LogP contribution in [0.15, 0.2) is 18.3 Å². The molecule has 0 aliphatic heterocycles. The molecular weight excluding hydrogens is 418 g/mol. The number of benzene rings is 1. The van der Waals surface area contributed by atoms with E-state index in [-0.39, 0.29) is 11.4 Å². The van der Waals surface area contributed by atoms with Crippen molar-refractivity contribution in [3.63, 3.8) is 0 Å². The Balaban J connectivity index is 2.75. The summed E-state index contributed by atoms with van der Waals surface area (Å²) in [6.45, 7) is 11.0. The van der Waals surface area contributed by atoms with Crippen LogP contribution >= 0.6 is 0 Å². The van der Waals surface area contributed by atoms with Crippen LogP contribution < -0.4 is 4.90 Å². The van der Waals surface area contributed by atoms with Crippen LogP contribution in [0.1, 0.15) is 41.5 Å². The number of amides is 2. The molecule has 32 heavy (non-hydrogen) atoms. The number of hydrogen-bond donors (Lipinski definition) is 0. The molecule has 0 spiro atoms. The SMILES string of the molecule is CN(C)CCn1ncc2cc([N+](=O)[O-])cc(N(C(=O)OC(C)(C)C)C(=O)OC(C)(C)C)c21. The van der Waals surface area contributed by atoms with Gasteiger partial charge in [0.15, 0.2) is 0 Å². The average Bonchev–Trinajstić information content (AvgIpc) is 2.99. The Labute approximate surface area is 187 Å². The molecule has 1 aromatic heterocycles. The molecule has 0 aliphatic rings. The third kappa shape index (κ3) is 6.39. The molecule has 0 bridgehead atoms. The summed E-state index contributed by atoms with van der Waals surface area (Å²) in [6.07, 6.45) is -0.549. The van der Waals surface area contributed by atoms with Crippen LogP contribution in [0.2, 0.25) is 0 Å². The number of non-ortho nitro benzene ring substituents is 1. The third-order valence-corrected chi connectivity index (χ3v) is 4.06. The van der Waals surface area contributed by atoms with Crippen LogP contribution in [-0.4, -0.2) is 63.6 Å². The quantitative estimate of drug-likeness (QED) is 0.492. The van der Waals surface area contributed by atoms with Gasteiger partial charge in [0.2, 0.25) is 0 Å². The van der Waals surface area contributed by atoms with Gasteiger partial charge in [0.25, 0.3) is 5.69 Å². The van der Waals surface area contributed by atoms with Crippen LogP contribution in [-0.2, 0) is 16.0 Å². The standard InChI is InChI=1S/C21H31N5O6/c1-20(2,3)31-18(27)25(19(28)32-21(4,5)6)16-12-15(26(29)30)11-14-13-22-24(17(14)16)10-9-23(7)8/h11-13H,9-10H2,1-8H3. The zero-order valence-corrected chi connectivity index (χ0v) is 19.8. The maximum atomic E-state index is 13.1. The van der Waals surface area contributed by atoms with E-state index < -0.39 is 28.3 Å². The van der Waals surface area contributed by atoms with Gasteiger partial charge in [-0.3, -0.25) is 14.8 Å². The second kappa shape index (κ2) is 9.11.